The van der Waals surface area contributed by atoms with E-state index in [9.17, 15) is 4.79 Å². The first-order valence-corrected chi connectivity index (χ1v) is 8.85. The standard InChI is InChI=1S/C21H30O3/c1-13(2)17-9-7-15(5)19(11-17)23-21(22)24-20-12-18(14(3)4)10-8-16(20)6/h17-18H,1,3,7-12H2,2,4-6H3/t17-,18-/m1/s1. The molecule has 3 nitrogen and oxygen atoms in total. The molecule has 0 unspecified atom stereocenters. The zero-order valence-electron chi connectivity index (χ0n) is 15.5. The Kier molecular flexibility index (Phi) is 6.09. The number of hydrogen-bond donors (Lipinski definition) is 0. The van der Waals surface area contributed by atoms with Gasteiger partial charge in [0.15, 0.2) is 0 Å². The topological polar surface area (TPSA) is 35.5 Å². The van der Waals surface area contributed by atoms with Gasteiger partial charge < -0.3 is 9.47 Å². The fraction of sp³-hybridized carbons (Fsp3) is 0.571. The Hall–Kier alpha value is -1.77. The largest absolute Gasteiger partial charge is 0.518 e. The molecule has 0 bridgehead atoms. The van der Waals surface area contributed by atoms with Gasteiger partial charge in [-0.25, -0.2) is 4.79 Å². The van der Waals surface area contributed by atoms with E-state index in [4.69, 9.17) is 9.47 Å². The van der Waals surface area contributed by atoms with Crippen LogP contribution in [0.3, 0.4) is 0 Å². The van der Waals surface area contributed by atoms with Gasteiger partial charge in [-0.2, -0.15) is 0 Å². The van der Waals surface area contributed by atoms with Crippen LogP contribution in [0, 0.1) is 11.8 Å². The van der Waals surface area contributed by atoms with E-state index in [0.29, 0.717) is 11.8 Å². The zero-order valence-corrected chi connectivity index (χ0v) is 15.5. The molecule has 132 valence electrons. The minimum atomic E-state index is -0.608. The van der Waals surface area contributed by atoms with Crippen LogP contribution in [0.2, 0.25) is 0 Å². The summed E-state index contributed by atoms with van der Waals surface area (Å²) in [6.07, 6.45) is 4.91. The average Bonchev–Trinajstić information content (AvgIpc) is 2.51. The number of ether oxygens (including phenoxy) is 2. The highest BCUT2D eigenvalue weighted by molar-refractivity contribution is 5.63. The maximum Gasteiger partial charge on any atom is 0.518 e. The van der Waals surface area contributed by atoms with Crippen LogP contribution < -0.4 is 0 Å². The molecule has 0 saturated heterocycles. The van der Waals surface area contributed by atoms with E-state index in [-0.39, 0.29) is 0 Å². The van der Waals surface area contributed by atoms with Crippen molar-refractivity contribution in [3.63, 3.8) is 0 Å². The molecule has 0 fully saturated rings. The first kappa shape index (κ1) is 18.6. The summed E-state index contributed by atoms with van der Waals surface area (Å²) >= 11 is 0. The van der Waals surface area contributed by atoms with Gasteiger partial charge in [0.1, 0.15) is 11.5 Å². The van der Waals surface area contributed by atoms with E-state index in [0.717, 1.165) is 72.3 Å². The van der Waals surface area contributed by atoms with Gasteiger partial charge in [0.2, 0.25) is 0 Å². The van der Waals surface area contributed by atoms with E-state index in [1.165, 1.54) is 0 Å². The molecule has 0 radical (unpaired) electrons. The highest BCUT2D eigenvalue weighted by Gasteiger charge is 2.26. The normalized spacial score (nSPS) is 24.7. The Morgan fingerprint density at radius 3 is 1.58 bits per heavy atom. The number of carbonyl (C=O) groups excluding carboxylic acids is 1. The molecule has 0 aromatic carbocycles. The van der Waals surface area contributed by atoms with Gasteiger partial charge in [-0.05, 0) is 76.4 Å². The monoisotopic (exact) mass is 330 g/mol. The minimum absolute atomic E-state index is 0.389. The lowest BCUT2D eigenvalue weighted by Gasteiger charge is -2.27. The molecule has 0 N–H and O–H groups in total. The van der Waals surface area contributed by atoms with Crippen molar-refractivity contribution in [2.75, 3.05) is 0 Å². The molecule has 0 amide bonds. The number of rotatable bonds is 4. The molecule has 0 aliphatic heterocycles. The van der Waals surface area contributed by atoms with Crippen LogP contribution in [-0.4, -0.2) is 6.16 Å². The number of hydrogen-bond acceptors (Lipinski definition) is 3. The lowest BCUT2D eigenvalue weighted by molar-refractivity contribution is 0.0890. The van der Waals surface area contributed by atoms with Crippen LogP contribution in [0.1, 0.15) is 66.2 Å². The summed E-state index contributed by atoms with van der Waals surface area (Å²) in [6.45, 7) is 16.2. The smallest absolute Gasteiger partial charge is 0.399 e. The van der Waals surface area contributed by atoms with Crippen LogP contribution in [0.25, 0.3) is 0 Å². The van der Waals surface area contributed by atoms with Crippen molar-refractivity contribution in [2.24, 2.45) is 11.8 Å². The Balaban J connectivity index is 2.00. The molecule has 0 saturated carbocycles. The van der Waals surface area contributed by atoms with Crippen LogP contribution >= 0.6 is 0 Å². The van der Waals surface area contributed by atoms with Crippen molar-refractivity contribution in [3.8, 4) is 0 Å². The summed E-state index contributed by atoms with van der Waals surface area (Å²) in [5.41, 5.74) is 4.57. The van der Waals surface area contributed by atoms with Gasteiger partial charge in [-0.1, -0.05) is 24.3 Å². The summed E-state index contributed by atoms with van der Waals surface area (Å²) in [5, 5.41) is 0. The third-order valence-electron chi connectivity index (χ3n) is 5.36. The first-order valence-electron chi connectivity index (χ1n) is 8.85. The zero-order chi connectivity index (χ0) is 17.9. The van der Waals surface area contributed by atoms with Gasteiger partial charge in [0.05, 0.1) is 0 Å². The summed E-state index contributed by atoms with van der Waals surface area (Å²) in [5.74, 6) is 2.29. The van der Waals surface area contributed by atoms with Gasteiger partial charge in [0, 0.05) is 12.8 Å². The SMILES string of the molecule is C=C(C)[C@@H]1CCC(C)=C(OC(=O)OC2=C(C)CC[C@@H](C(=C)C)C2)C1. The van der Waals surface area contributed by atoms with E-state index in [1.54, 1.807) is 0 Å². The van der Waals surface area contributed by atoms with Gasteiger partial charge in [-0.3, -0.25) is 0 Å². The fourth-order valence-corrected chi connectivity index (χ4v) is 3.38. The maximum atomic E-state index is 12.3. The lowest BCUT2D eigenvalue weighted by atomic mass is 9.85. The van der Waals surface area contributed by atoms with Crippen LogP contribution in [0.4, 0.5) is 4.79 Å². The van der Waals surface area contributed by atoms with Gasteiger partial charge in [-0.15, -0.1) is 0 Å². The van der Waals surface area contributed by atoms with E-state index in [1.807, 2.05) is 27.7 Å². The second kappa shape index (κ2) is 7.87. The summed E-state index contributed by atoms with van der Waals surface area (Å²) in [4.78, 5) is 12.3. The predicted molar refractivity (Wildman–Crippen MR) is 97.3 cm³/mol. The molecule has 0 spiro atoms. The molecule has 0 aromatic heterocycles. The third-order valence-corrected chi connectivity index (χ3v) is 5.36. The molecule has 2 atom stereocenters. The molecule has 2 rings (SSSR count). The number of allylic oxidation sites excluding steroid dienone is 6. The Morgan fingerprint density at radius 2 is 1.25 bits per heavy atom. The molecule has 2 aliphatic rings. The fourth-order valence-electron chi connectivity index (χ4n) is 3.38. The van der Waals surface area contributed by atoms with Crippen molar-refractivity contribution < 1.29 is 14.3 Å². The Morgan fingerprint density at radius 1 is 0.875 bits per heavy atom. The van der Waals surface area contributed by atoms with Gasteiger partial charge in [0.25, 0.3) is 0 Å². The molecule has 2 aliphatic carbocycles. The number of carbonyl (C=O) groups is 1. The molecular formula is C21H30O3. The molecule has 0 aromatic rings. The molecular weight excluding hydrogens is 300 g/mol. The van der Waals surface area contributed by atoms with Crippen molar-refractivity contribution in [3.05, 3.63) is 47.0 Å². The molecule has 3 heteroatoms. The van der Waals surface area contributed by atoms with Crippen LogP contribution in [0.15, 0.2) is 47.0 Å². The van der Waals surface area contributed by atoms with E-state index >= 15 is 0 Å². The summed E-state index contributed by atoms with van der Waals surface area (Å²) < 4.78 is 11.1. The first-order chi connectivity index (χ1) is 11.3. The van der Waals surface area contributed by atoms with Crippen molar-refractivity contribution in [1.29, 1.82) is 0 Å². The Bertz CT molecular complexity index is 555. The van der Waals surface area contributed by atoms with Crippen molar-refractivity contribution in [1.82, 2.24) is 0 Å². The van der Waals surface area contributed by atoms with Gasteiger partial charge >= 0.3 is 6.16 Å². The third kappa shape index (κ3) is 4.62. The maximum absolute atomic E-state index is 12.3. The van der Waals surface area contributed by atoms with Crippen LogP contribution in [0.5, 0.6) is 0 Å². The second-order valence-electron chi connectivity index (χ2n) is 7.43. The summed E-state index contributed by atoms with van der Waals surface area (Å²) in [6, 6.07) is 0. The van der Waals surface area contributed by atoms with Crippen LogP contribution in [-0.2, 0) is 9.47 Å². The average molecular weight is 330 g/mol. The second-order valence-corrected chi connectivity index (χ2v) is 7.43. The summed E-state index contributed by atoms with van der Waals surface area (Å²) in [7, 11) is 0. The van der Waals surface area contributed by atoms with Crippen molar-refractivity contribution in [2.45, 2.75) is 66.2 Å². The highest BCUT2D eigenvalue weighted by Crippen LogP contribution is 2.36. The highest BCUT2D eigenvalue weighted by atomic mass is 16.7. The van der Waals surface area contributed by atoms with E-state index in [2.05, 4.69) is 13.2 Å². The predicted octanol–water partition coefficient (Wildman–Crippen LogP) is 6.44. The van der Waals surface area contributed by atoms with E-state index < -0.39 is 6.16 Å². The molecule has 24 heavy (non-hydrogen) atoms. The van der Waals surface area contributed by atoms with Crippen molar-refractivity contribution >= 4 is 6.16 Å². The molecule has 0 heterocycles. The lowest BCUT2D eigenvalue weighted by Crippen LogP contribution is -2.18. The Labute approximate surface area is 146 Å². The minimum Gasteiger partial charge on any atom is -0.399 e. The quantitative estimate of drug-likeness (QED) is 0.439.